The minimum Gasteiger partial charge on any atom is -0.477 e. The Hall–Kier alpha value is -2.10. The van der Waals surface area contributed by atoms with Gasteiger partial charge in [-0.3, -0.25) is 0 Å². The zero-order valence-corrected chi connectivity index (χ0v) is 10.1. The quantitative estimate of drug-likeness (QED) is 0.879. The Bertz CT molecular complexity index is 589. The van der Waals surface area contributed by atoms with Gasteiger partial charge in [-0.25, -0.2) is 9.78 Å². The smallest absolute Gasteiger partial charge is 0.354 e. The molecule has 18 heavy (non-hydrogen) atoms. The Morgan fingerprint density at radius 1 is 1.39 bits per heavy atom. The molecule has 0 spiro atoms. The molecule has 0 saturated heterocycles. The summed E-state index contributed by atoms with van der Waals surface area (Å²) in [7, 11) is 0. The van der Waals surface area contributed by atoms with Crippen molar-refractivity contribution in [3.63, 3.8) is 0 Å². The van der Waals surface area contributed by atoms with Gasteiger partial charge in [0.15, 0.2) is 0 Å². The van der Waals surface area contributed by atoms with Crippen molar-refractivity contribution in [2.75, 3.05) is 0 Å². The van der Waals surface area contributed by atoms with Gasteiger partial charge in [0.25, 0.3) is 0 Å². The van der Waals surface area contributed by atoms with Crippen LogP contribution in [0.2, 0.25) is 0 Å². The first-order chi connectivity index (χ1) is 8.68. The highest BCUT2D eigenvalue weighted by Gasteiger charge is 2.34. The van der Waals surface area contributed by atoms with E-state index in [-0.39, 0.29) is 11.7 Å². The Morgan fingerprint density at radius 2 is 2.11 bits per heavy atom. The predicted octanol–water partition coefficient (Wildman–Crippen LogP) is 2.36. The molecule has 0 fully saturated rings. The lowest BCUT2D eigenvalue weighted by atomic mass is 9.95. The van der Waals surface area contributed by atoms with Crippen molar-refractivity contribution in [1.29, 1.82) is 0 Å². The van der Waals surface area contributed by atoms with Crippen molar-refractivity contribution in [1.82, 2.24) is 9.55 Å². The summed E-state index contributed by atoms with van der Waals surface area (Å²) in [5, 5.41) is 9.23. The average Bonchev–Trinajstić information content (AvgIpc) is 2.87. The van der Waals surface area contributed by atoms with Gasteiger partial charge in [-0.2, -0.15) is 0 Å². The van der Waals surface area contributed by atoms with Crippen LogP contribution in [0.25, 0.3) is 0 Å². The second kappa shape index (κ2) is 3.98. The number of aromatic carboxylic acids is 1. The molecule has 0 aliphatic carbocycles. The van der Waals surface area contributed by atoms with E-state index in [1.54, 1.807) is 0 Å². The summed E-state index contributed by atoms with van der Waals surface area (Å²) in [6, 6.07) is 10.1. The van der Waals surface area contributed by atoms with Gasteiger partial charge in [0.2, 0.25) is 0 Å². The highest BCUT2D eigenvalue weighted by Crippen LogP contribution is 2.37. The van der Waals surface area contributed by atoms with Crippen LogP contribution in [0.5, 0.6) is 0 Å². The molecule has 2 unspecified atom stereocenters. The van der Waals surface area contributed by atoms with Crippen molar-refractivity contribution in [2.24, 2.45) is 5.92 Å². The molecule has 2 atom stereocenters. The standard InChI is InChI=1S/C14H14N2O2/c1-9-7-12-15-8-11(14(17)18)16(12)13(9)10-5-3-2-4-6-10/h2-6,8-9,13H,7H2,1H3,(H,17,18). The number of hydrogen-bond donors (Lipinski definition) is 1. The van der Waals surface area contributed by atoms with E-state index in [9.17, 15) is 9.90 Å². The van der Waals surface area contributed by atoms with Crippen molar-refractivity contribution in [3.8, 4) is 0 Å². The molecule has 1 aliphatic rings. The molecule has 92 valence electrons. The second-order valence-electron chi connectivity index (χ2n) is 4.77. The van der Waals surface area contributed by atoms with Crippen LogP contribution in [0.3, 0.4) is 0 Å². The van der Waals surface area contributed by atoms with Crippen molar-refractivity contribution in [2.45, 2.75) is 19.4 Å². The minimum atomic E-state index is -0.913. The lowest BCUT2D eigenvalue weighted by Gasteiger charge is -2.19. The van der Waals surface area contributed by atoms with Crippen molar-refractivity contribution < 1.29 is 9.90 Å². The third-order valence-corrected chi connectivity index (χ3v) is 3.56. The summed E-state index contributed by atoms with van der Waals surface area (Å²) in [4.78, 5) is 15.5. The second-order valence-corrected chi connectivity index (χ2v) is 4.77. The number of fused-ring (bicyclic) bond motifs is 1. The highest BCUT2D eigenvalue weighted by atomic mass is 16.4. The largest absolute Gasteiger partial charge is 0.477 e. The predicted molar refractivity (Wildman–Crippen MR) is 66.6 cm³/mol. The SMILES string of the molecule is CC1Cc2ncc(C(=O)O)n2C1c1ccccc1. The molecule has 0 radical (unpaired) electrons. The van der Waals surface area contributed by atoms with Gasteiger partial charge in [0, 0.05) is 6.42 Å². The number of imidazole rings is 1. The Kier molecular flexibility index (Phi) is 2.44. The third kappa shape index (κ3) is 1.53. The fourth-order valence-corrected chi connectivity index (χ4v) is 2.80. The van der Waals surface area contributed by atoms with Crippen LogP contribution in [-0.4, -0.2) is 20.6 Å². The summed E-state index contributed by atoms with van der Waals surface area (Å²) in [6.45, 7) is 2.14. The number of carboxylic acid groups (broad SMARTS) is 1. The molecule has 2 aromatic rings. The zero-order valence-electron chi connectivity index (χ0n) is 10.1. The molecule has 0 amide bonds. The van der Waals surface area contributed by atoms with Crippen LogP contribution >= 0.6 is 0 Å². The molecule has 1 aliphatic heterocycles. The minimum absolute atomic E-state index is 0.0785. The average molecular weight is 242 g/mol. The third-order valence-electron chi connectivity index (χ3n) is 3.56. The first-order valence-corrected chi connectivity index (χ1v) is 6.03. The first kappa shape index (κ1) is 11.0. The molecule has 1 aromatic carbocycles. The van der Waals surface area contributed by atoms with E-state index in [0.29, 0.717) is 5.92 Å². The van der Waals surface area contributed by atoms with Crippen LogP contribution < -0.4 is 0 Å². The molecule has 0 bridgehead atoms. The zero-order chi connectivity index (χ0) is 12.7. The van der Waals surface area contributed by atoms with Crippen molar-refractivity contribution >= 4 is 5.97 Å². The fraction of sp³-hybridized carbons (Fsp3) is 0.286. The molecule has 1 N–H and O–H groups in total. The number of benzene rings is 1. The van der Waals surface area contributed by atoms with Gasteiger partial charge in [0.1, 0.15) is 11.5 Å². The van der Waals surface area contributed by atoms with E-state index in [2.05, 4.69) is 11.9 Å². The molecule has 4 nitrogen and oxygen atoms in total. The monoisotopic (exact) mass is 242 g/mol. The van der Waals surface area contributed by atoms with E-state index in [0.717, 1.165) is 17.8 Å². The summed E-state index contributed by atoms with van der Waals surface area (Å²) in [5.41, 5.74) is 1.42. The molecule has 4 heteroatoms. The van der Waals surface area contributed by atoms with Crippen LogP contribution in [0.1, 0.15) is 34.8 Å². The van der Waals surface area contributed by atoms with Crippen LogP contribution in [0.4, 0.5) is 0 Å². The summed E-state index contributed by atoms with van der Waals surface area (Å²) in [6.07, 6.45) is 2.28. The van der Waals surface area contributed by atoms with E-state index < -0.39 is 5.97 Å². The van der Waals surface area contributed by atoms with Crippen LogP contribution in [0, 0.1) is 5.92 Å². The van der Waals surface area contributed by atoms with Gasteiger partial charge in [-0.1, -0.05) is 37.3 Å². The van der Waals surface area contributed by atoms with Gasteiger partial charge < -0.3 is 9.67 Å². The molecular weight excluding hydrogens is 228 g/mol. The van der Waals surface area contributed by atoms with Crippen molar-refractivity contribution in [3.05, 3.63) is 53.6 Å². The molecule has 1 aromatic heterocycles. The van der Waals surface area contributed by atoms with Gasteiger partial charge in [0.05, 0.1) is 12.2 Å². The molecular formula is C14H14N2O2. The first-order valence-electron chi connectivity index (χ1n) is 6.03. The number of carbonyl (C=O) groups is 1. The maximum Gasteiger partial charge on any atom is 0.354 e. The number of aromatic nitrogens is 2. The van der Waals surface area contributed by atoms with Gasteiger partial charge >= 0.3 is 5.97 Å². The van der Waals surface area contributed by atoms with E-state index >= 15 is 0 Å². The summed E-state index contributed by atoms with van der Waals surface area (Å²) < 4.78 is 1.86. The molecule has 0 saturated carbocycles. The maximum atomic E-state index is 11.2. The topological polar surface area (TPSA) is 55.1 Å². The van der Waals surface area contributed by atoms with Crippen LogP contribution in [0.15, 0.2) is 36.5 Å². The summed E-state index contributed by atoms with van der Waals surface area (Å²) in [5.74, 6) is 0.326. The van der Waals surface area contributed by atoms with E-state index in [1.807, 2.05) is 34.9 Å². The van der Waals surface area contributed by atoms with Gasteiger partial charge in [-0.05, 0) is 11.5 Å². The molecule has 2 heterocycles. The number of carboxylic acids is 1. The lowest BCUT2D eigenvalue weighted by Crippen LogP contribution is -2.16. The summed E-state index contributed by atoms with van der Waals surface area (Å²) >= 11 is 0. The lowest BCUT2D eigenvalue weighted by molar-refractivity contribution is 0.0683. The van der Waals surface area contributed by atoms with E-state index in [1.165, 1.54) is 6.20 Å². The normalized spacial score (nSPS) is 21.8. The highest BCUT2D eigenvalue weighted by molar-refractivity contribution is 5.85. The van der Waals surface area contributed by atoms with E-state index in [4.69, 9.17) is 0 Å². The number of rotatable bonds is 2. The number of nitrogens with zero attached hydrogens (tertiary/aromatic N) is 2. The Morgan fingerprint density at radius 3 is 2.78 bits per heavy atom. The number of hydrogen-bond acceptors (Lipinski definition) is 2. The fourth-order valence-electron chi connectivity index (χ4n) is 2.80. The molecule has 3 rings (SSSR count). The Labute approximate surface area is 105 Å². The maximum absolute atomic E-state index is 11.2. The van der Waals surface area contributed by atoms with Crippen LogP contribution in [-0.2, 0) is 6.42 Å². The Balaban J connectivity index is 2.13. The van der Waals surface area contributed by atoms with Gasteiger partial charge in [-0.15, -0.1) is 0 Å².